The first-order valence-corrected chi connectivity index (χ1v) is 14.3. The number of halogens is 2. The van der Waals surface area contributed by atoms with E-state index in [1.807, 2.05) is 0 Å². The van der Waals surface area contributed by atoms with E-state index in [1.54, 1.807) is 45.0 Å². The maximum absolute atomic E-state index is 14.0. The number of alkyl carbamates (subject to hydrolysis) is 1. The Hall–Kier alpha value is -3.18. The van der Waals surface area contributed by atoms with Gasteiger partial charge in [-0.15, -0.1) is 0 Å². The number of anilines is 1. The van der Waals surface area contributed by atoms with Crippen LogP contribution in [-0.2, 0) is 25.9 Å². The number of sulfone groups is 1. The summed E-state index contributed by atoms with van der Waals surface area (Å²) in [7, 11) is -4.18. The molecule has 2 aromatic rings. The molecule has 3 amide bonds. The van der Waals surface area contributed by atoms with Gasteiger partial charge in [-0.25, -0.2) is 17.6 Å². The molecule has 9 nitrogen and oxygen atoms in total. The Kier molecular flexibility index (Phi) is 7.46. The van der Waals surface area contributed by atoms with Crippen molar-refractivity contribution >= 4 is 45.0 Å². The van der Waals surface area contributed by atoms with E-state index in [0.29, 0.717) is 10.6 Å². The van der Waals surface area contributed by atoms with E-state index in [9.17, 15) is 27.2 Å². The van der Waals surface area contributed by atoms with Crippen molar-refractivity contribution in [2.75, 3.05) is 4.90 Å². The van der Waals surface area contributed by atoms with Crippen molar-refractivity contribution < 1.29 is 31.9 Å². The van der Waals surface area contributed by atoms with Crippen LogP contribution in [-0.4, -0.2) is 54.9 Å². The summed E-state index contributed by atoms with van der Waals surface area (Å²) >= 11 is 6.01. The van der Waals surface area contributed by atoms with Gasteiger partial charge in [0, 0.05) is 17.0 Å². The highest BCUT2D eigenvalue weighted by atomic mass is 35.5. The Balaban J connectivity index is 1.78. The minimum atomic E-state index is -4.18. The van der Waals surface area contributed by atoms with Crippen molar-refractivity contribution in [3.05, 3.63) is 58.6 Å². The molecule has 0 radical (unpaired) electrons. The topological polar surface area (TPSA) is 122 Å². The Morgan fingerprint density at radius 2 is 1.77 bits per heavy atom. The van der Waals surface area contributed by atoms with Crippen molar-refractivity contribution in [2.24, 2.45) is 0 Å². The first kappa shape index (κ1) is 28.8. The third kappa shape index (κ3) is 6.19. The zero-order valence-corrected chi connectivity index (χ0v) is 23.8. The first-order valence-electron chi connectivity index (χ1n) is 12.4. The summed E-state index contributed by atoms with van der Waals surface area (Å²) in [5.74, 6) is -1.30. The van der Waals surface area contributed by atoms with E-state index in [-0.39, 0.29) is 29.1 Å². The molecule has 4 atom stereocenters. The largest absolute Gasteiger partial charge is 0.444 e. The average molecular weight is 580 g/mol. The number of ether oxygens (including phenoxy) is 1. The van der Waals surface area contributed by atoms with Crippen molar-refractivity contribution in [3.8, 4) is 0 Å². The predicted molar refractivity (Wildman–Crippen MR) is 144 cm³/mol. The normalized spacial score (nSPS) is 25.8. The average Bonchev–Trinajstić information content (AvgIpc) is 3.45. The summed E-state index contributed by atoms with van der Waals surface area (Å²) in [5.41, 5.74) is -1.72. The monoisotopic (exact) mass is 579 g/mol. The van der Waals surface area contributed by atoms with E-state index >= 15 is 0 Å². The lowest BCUT2D eigenvalue weighted by atomic mass is 10.1. The number of rotatable bonds is 5. The molecule has 0 saturated heterocycles. The van der Waals surface area contributed by atoms with E-state index in [0.717, 1.165) is 0 Å². The first-order chi connectivity index (χ1) is 18.0. The summed E-state index contributed by atoms with van der Waals surface area (Å²) in [6, 6.07) is 8.37. The molecule has 1 fully saturated rings. The van der Waals surface area contributed by atoms with E-state index in [4.69, 9.17) is 16.3 Å². The van der Waals surface area contributed by atoms with E-state index in [1.165, 1.54) is 36.9 Å². The summed E-state index contributed by atoms with van der Waals surface area (Å²) in [6.45, 7) is 7.57. The van der Waals surface area contributed by atoms with Crippen LogP contribution >= 0.6 is 11.6 Å². The van der Waals surface area contributed by atoms with Crippen LogP contribution in [0, 0.1) is 0 Å². The third-order valence-corrected chi connectivity index (χ3v) is 9.17. The Morgan fingerprint density at radius 1 is 1.15 bits per heavy atom. The van der Waals surface area contributed by atoms with Crippen LogP contribution in [0.15, 0.2) is 47.4 Å². The molecule has 210 valence electrons. The van der Waals surface area contributed by atoms with Crippen LogP contribution in [0.25, 0.3) is 0 Å². The number of nitrogens with zero attached hydrogens (tertiary/aromatic N) is 1. The standard InChI is InChI=1S/C27H31ClFN3O6S/c1-15-22(31-25(35)38-26(2,3)4)24(34)32(14-16-6-9-18(28)10-7-16)19-12-17(8-11-20(19)39(15,36)37)23(33)30-21-13-27(21,5)29/h6-12,15,21-22H,13-14H2,1-5H3,(H,30,33)(H,31,35)/t15-,21?,22+,27?/m1/s1. The molecular formula is C27H31ClFN3O6S. The number of nitrogens with one attached hydrogen (secondary N) is 2. The molecule has 1 heterocycles. The number of hydrogen-bond donors (Lipinski definition) is 2. The lowest BCUT2D eigenvalue weighted by molar-refractivity contribution is -0.120. The Morgan fingerprint density at radius 3 is 2.33 bits per heavy atom. The number of carbonyl (C=O) groups is 3. The molecule has 12 heteroatoms. The van der Waals surface area contributed by atoms with Crippen LogP contribution < -0.4 is 15.5 Å². The zero-order valence-electron chi connectivity index (χ0n) is 22.2. The van der Waals surface area contributed by atoms with Crippen LogP contribution in [0.2, 0.25) is 5.02 Å². The minimum Gasteiger partial charge on any atom is -0.444 e. The highest BCUT2D eigenvalue weighted by Crippen LogP contribution is 2.40. The molecule has 4 rings (SSSR count). The van der Waals surface area contributed by atoms with Gasteiger partial charge in [0.1, 0.15) is 17.3 Å². The number of alkyl halides is 1. The number of hydrogen-bond acceptors (Lipinski definition) is 6. The second-order valence-corrected chi connectivity index (χ2v) is 13.8. The predicted octanol–water partition coefficient (Wildman–Crippen LogP) is 4.17. The highest BCUT2D eigenvalue weighted by molar-refractivity contribution is 7.92. The van der Waals surface area contributed by atoms with Gasteiger partial charge in [0.05, 0.1) is 28.4 Å². The minimum absolute atomic E-state index is 0.0262. The Labute approximate surface area is 232 Å². The molecule has 2 N–H and O–H groups in total. The number of fused-ring (bicyclic) bond motifs is 1. The van der Waals surface area contributed by atoms with E-state index in [2.05, 4.69) is 10.6 Å². The Bertz CT molecular complexity index is 1420. The summed E-state index contributed by atoms with van der Waals surface area (Å²) in [5, 5.41) is 4.15. The lowest BCUT2D eigenvalue weighted by Crippen LogP contribution is -2.54. The van der Waals surface area contributed by atoms with Crippen molar-refractivity contribution in [2.45, 2.75) is 81.1 Å². The van der Waals surface area contributed by atoms with Gasteiger partial charge in [0.15, 0.2) is 9.84 Å². The third-order valence-electron chi connectivity index (χ3n) is 6.71. The number of benzene rings is 2. The SMILES string of the molecule is C[C@@H]1[C@H](NC(=O)OC(C)(C)C)C(=O)N(Cc2ccc(Cl)cc2)c2cc(C(=O)NC3CC3(C)F)ccc2S1(=O)=O. The van der Waals surface area contributed by atoms with Crippen LogP contribution in [0.5, 0.6) is 0 Å². The summed E-state index contributed by atoms with van der Waals surface area (Å²) < 4.78 is 46.7. The molecule has 0 aromatic heterocycles. The molecular weight excluding hydrogens is 549 g/mol. The molecule has 1 aliphatic heterocycles. The van der Waals surface area contributed by atoms with Crippen molar-refractivity contribution in [1.29, 1.82) is 0 Å². The van der Waals surface area contributed by atoms with Gasteiger partial charge in [-0.3, -0.25) is 9.59 Å². The van der Waals surface area contributed by atoms with Crippen LogP contribution in [0.4, 0.5) is 14.9 Å². The molecule has 1 saturated carbocycles. The van der Waals surface area contributed by atoms with Gasteiger partial charge in [0.25, 0.3) is 11.8 Å². The van der Waals surface area contributed by atoms with Crippen LogP contribution in [0.3, 0.4) is 0 Å². The second-order valence-electron chi connectivity index (χ2n) is 11.1. The smallest absolute Gasteiger partial charge is 0.408 e. The molecule has 2 aliphatic rings. The van der Waals surface area contributed by atoms with Gasteiger partial charge >= 0.3 is 6.09 Å². The highest BCUT2D eigenvalue weighted by Gasteiger charge is 2.52. The molecule has 1 aliphatic carbocycles. The molecule has 0 spiro atoms. The number of carbonyl (C=O) groups excluding carboxylic acids is 3. The van der Waals surface area contributed by atoms with Gasteiger partial charge in [0.2, 0.25) is 0 Å². The van der Waals surface area contributed by atoms with Crippen LogP contribution in [0.1, 0.15) is 57.0 Å². The molecule has 2 aromatic carbocycles. The number of amides is 3. The second kappa shape index (κ2) is 10.1. The van der Waals surface area contributed by atoms with Crippen molar-refractivity contribution in [3.63, 3.8) is 0 Å². The van der Waals surface area contributed by atoms with Gasteiger partial charge in [-0.1, -0.05) is 23.7 Å². The van der Waals surface area contributed by atoms with Gasteiger partial charge in [-0.05, 0) is 70.5 Å². The fraction of sp³-hybridized carbons (Fsp3) is 0.444. The van der Waals surface area contributed by atoms with E-state index < -0.39 is 56.3 Å². The molecule has 0 bridgehead atoms. The maximum Gasteiger partial charge on any atom is 0.408 e. The quantitative estimate of drug-likeness (QED) is 0.548. The maximum atomic E-state index is 14.0. The molecule has 39 heavy (non-hydrogen) atoms. The summed E-state index contributed by atoms with van der Waals surface area (Å²) in [4.78, 5) is 40.5. The fourth-order valence-corrected chi connectivity index (χ4v) is 6.10. The van der Waals surface area contributed by atoms with Gasteiger partial charge in [-0.2, -0.15) is 0 Å². The lowest BCUT2D eigenvalue weighted by Gasteiger charge is -2.28. The van der Waals surface area contributed by atoms with Gasteiger partial charge < -0.3 is 20.3 Å². The molecule has 2 unspecified atom stereocenters. The fourth-order valence-electron chi connectivity index (χ4n) is 4.31. The van der Waals surface area contributed by atoms with Crippen molar-refractivity contribution in [1.82, 2.24) is 10.6 Å². The summed E-state index contributed by atoms with van der Waals surface area (Å²) in [6.07, 6.45) is -0.770. The zero-order chi connectivity index (χ0) is 28.9.